The van der Waals surface area contributed by atoms with Crippen molar-refractivity contribution in [3.8, 4) is 0 Å². The van der Waals surface area contributed by atoms with Gasteiger partial charge in [0.05, 0.1) is 0 Å². The van der Waals surface area contributed by atoms with E-state index < -0.39 is 0 Å². The van der Waals surface area contributed by atoms with Crippen LogP contribution in [0.25, 0.3) is 0 Å². The van der Waals surface area contributed by atoms with Crippen LogP contribution in [0.3, 0.4) is 0 Å². The topological polar surface area (TPSA) is 44.3 Å². The Morgan fingerprint density at radius 2 is 1.47 bits per heavy atom. The highest BCUT2D eigenvalue weighted by Crippen LogP contribution is 2.22. The Kier molecular flexibility index (Phi) is 3.82. The van der Waals surface area contributed by atoms with E-state index in [0.717, 1.165) is 56.8 Å². The third kappa shape index (κ3) is 2.97. The molecule has 1 N–H and O–H groups in total. The second-order valence-electron chi connectivity index (χ2n) is 5.66. The molecule has 19 heavy (non-hydrogen) atoms. The summed E-state index contributed by atoms with van der Waals surface area (Å²) >= 11 is 0. The fourth-order valence-electron chi connectivity index (χ4n) is 2.79. The number of nitrogens with zero attached hydrogens (tertiary/aromatic N) is 4. The fourth-order valence-corrected chi connectivity index (χ4v) is 2.79. The monoisotopic (exact) mass is 261 g/mol. The summed E-state index contributed by atoms with van der Waals surface area (Å²) in [7, 11) is 0. The predicted molar refractivity (Wildman–Crippen MR) is 77.7 cm³/mol. The van der Waals surface area contributed by atoms with Crippen molar-refractivity contribution >= 4 is 11.6 Å². The van der Waals surface area contributed by atoms with Crippen LogP contribution in [0.1, 0.15) is 19.8 Å². The first-order valence-corrected chi connectivity index (χ1v) is 7.37. The molecule has 0 saturated carbocycles. The zero-order chi connectivity index (χ0) is 13.1. The van der Waals surface area contributed by atoms with Crippen molar-refractivity contribution in [1.29, 1.82) is 0 Å². The van der Waals surface area contributed by atoms with Crippen molar-refractivity contribution in [3.05, 3.63) is 12.1 Å². The van der Waals surface area contributed by atoms with Crippen LogP contribution in [0.2, 0.25) is 0 Å². The zero-order valence-electron chi connectivity index (χ0n) is 11.7. The molecule has 0 radical (unpaired) electrons. The predicted octanol–water partition coefficient (Wildman–Crippen LogP) is 1.12. The average molecular weight is 261 g/mol. The van der Waals surface area contributed by atoms with Crippen LogP contribution in [-0.2, 0) is 0 Å². The van der Waals surface area contributed by atoms with Crippen molar-refractivity contribution in [2.24, 2.45) is 5.92 Å². The van der Waals surface area contributed by atoms with Gasteiger partial charge in [-0.15, -0.1) is 10.2 Å². The van der Waals surface area contributed by atoms with Crippen LogP contribution in [-0.4, -0.2) is 49.5 Å². The second-order valence-corrected chi connectivity index (χ2v) is 5.66. The van der Waals surface area contributed by atoms with Gasteiger partial charge in [0.25, 0.3) is 0 Å². The van der Waals surface area contributed by atoms with E-state index in [0.29, 0.717) is 0 Å². The second kappa shape index (κ2) is 5.74. The summed E-state index contributed by atoms with van der Waals surface area (Å²) in [5.41, 5.74) is 0. The lowest BCUT2D eigenvalue weighted by molar-refractivity contribution is 0.436. The molecule has 2 aliphatic heterocycles. The SMILES string of the molecule is CC1CCN(c2ccc(N3CCNCC3)nn2)CC1. The maximum atomic E-state index is 4.42. The van der Waals surface area contributed by atoms with Gasteiger partial charge in [0.2, 0.25) is 0 Å². The number of piperidine rings is 1. The standard InChI is InChI=1S/C14H23N5/c1-12-4-8-18(9-5-12)13-2-3-14(17-16-13)19-10-6-15-7-11-19/h2-3,12,15H,4-11H2,1H3. The van der Waals surface area contributed by atoms with Gasteiger partial charge < -0.3 is 15.1 Å². The van der Waals surface area contributed by atoms with Crippen LogP contribution >= 0.6 is 0 Å². The highest BCUT2D eigenvalue weighted by atomic mass is 15.3. The van der Waals surface area contributed by atoms with Crippen LogP contribution in [0.15, 0.2) is 12.1 Å². The van der Waals surface area contributed by atoms with Crippen LogP contribution < -0.4 is 15.1 Å². The third-order valence-electron chi connectivity index (χ3n) is 4.19. The quantitative estimate of drug-likeness (QED) is 0.864. The van der Waals surface area contributed by atoms with Crippen molar-refractivity contribution < 1.29 is 0 Å². The molecule has 5 nitrogen and oxygen atoms in total. The van der Waals surface area contributed by atoms with E-state index in [9.17, 15) is 0 Å². The molecule has 1 aromatic heterocycles. The highest BCUT2D eigenvalue weighted by Gasteiger charge is 2.18. The molecule has 0 aliphatic carbocycles. The summed E-state index contributed by atoms with van der Waals surface area (Å²) in [5, 5.41) is 12.2. The van der Waals surface area contributed by atoms with E-state index in [-0.39, 0.29) is 0 Å². The lowest BCUT2D eigenvalue weighted by Crippen LogP contribution is -2.44. The minimum absolute atomic E-state index is 0.851. The summed E-state index contributed by atoms with van der Waals surface area (Å²) in [6.07, 6.45) is 2.53. The smallest absolute Gasteiger partial charge is 0.151 e. The Labute approximate surface area is 115 Å². The van der Waals surface area contributed by atoms with E-state index in [4.69, 9.17) is 0 Å². The first kappa shape index (κ1) is 12.7. The number of anilines is 2. The molecule has 3 rings (SSSR count). The molecule has 5 heteroatoms. The number of piperazine rings is 1. The molecule has 104 valence electrons. The van der Waals surface area contributed by atoms with Crippen LogP contribution in [0.5, 0.6) is 0 Å². The minimum atomic E-state index is 0.851. The first-order chi connectivity index (χ1) is 9.33. The Morgan fingerprint density at radius 3 is 2.00 bits per heavy atom. The van der Waals surface area contributed by atoms with E-state index in [1.54, 1.807) is 0 Å². The van der Waals surface area contributed by atoms with Crippen LogP contribution in [0, 0.1) is 5.92 Å². The number of hydrogen-bond acceptors (Lipinski definition) is 5. The summed E-state index contributed by atoms with van der Waals surface area (Å²) in [6, 6.07) is 4.24. The van der Waals surface area contributed by atoms with Crippen molar-refractivity contribution in [2.75, 3.05) is 49.1 Å². The zero-order valence-corrected chi connectivity index (χ0v) is 11.7. The molecule has 2 aliphatic rings. The van der Waals surface area contributed by atoms with Gasteiger partial charge in [-0.1, -0.05) is 6.92 Å². The molecular formula is C14H23N5. The molecule has 0 spiro atoms. The maximum Gasteiger partial charge on any atom is 0.151 e. The number of hydrogen-bond donors (Lipinski definition) is 1. The Balaban J connectivity index is 1.65. The van der Waals surface area contributed by atoms with Crippen molar-refractivity contribution in [2.45, 2.75) is 19.8 Å². The fraction of sp³-hybridized carbons (Fsp3) is 0.714. The molecule has 0 amide bonds. The van der Waals surface area contributed by atoms with Gasteiger partial charge >= 0.3 is 0 Å². The molecule has 3 heterocycles. The lowest BCUT2D eigenvalue weighted by Gasteiger charge is -2.31. The van der Waals surface area contributed by atoms with Gasteiger partial charge in [0.15, 0.2) is 11.6 Å². The van der Waals surface area contributed by atoms with Gasteiger partial charge in [-0.3, -0.25) is 0 Å². The molecule has 2 fully saturated rings. The minimum Gasteiger partial charge on any atom is -0.355 e. The summed E-state index contributed by atoms with van der Waals surface area (Å²) in [4.78, 5) is 4.65. The molecule has 0 atom stereocenters. The number of aromatic nitrogens is 2. The van der Waals surface area contributed by atoms with Gasteiger partial charge in [0, 0.05) is 39.3 Å². The number of nitrogens with one attached hydrogen (secondary N) is 1. The normalized spacial score (nSPS) is 21.7. The van der Waals surface area contributed by atoms with Gasteiger partial charge in [-0.2, -0.15) is 0 Å². The van der Waals surface area contributed by atoms with Crippen molar-refractivity contribution in [1.82, 2.24) is 15.5 Å². The molecular weight excluding hydrogens is 238 g/mol. The van der Waals surface area contributed by atoms with Crippen molar-refractivity contribution in [3.63, 3.8) is 0 Å². The van der Waals surface area contributed by atoms with E-state index >= 15 is 0 Å². The summed E-state index contributed by atoms with van der Waals surface area (Å²) < 4.78 is 0. The van der Waals surface area contributed by atoms with Gasteiger partial charge in [-0.25, -0.2) is 0 Å². The molecule has 2 saturated heterocycles. The highest BCUT2D eigenvalue weighted by molar-refractivity contribution is 5.45. The molecule has 0 aromatic carbocycles. The number of rotatable bonds is 2. The van der Waals surface area contributed by atoms with Gasteiger partial charge in [0.1, 0.15) is 0 Å². The maximum absolute atomic E-state index is 4.42. The summed E-state index contributed by atoms with van der Waals surface area (Å²) in [5.74, 6) is 2.89. The molecule has 0 unspecified atom stereocenters. The van der Waals surface area contributed by atoms with E-state index in [1.807, 2.05) is 0 Å². The van der Waals surface area contributed by atoms with Crippen LogP contribution in [0.4, 0.5) is 11.6 Å². The molecule has 1 aromatic rings. The summed E-state index contributed by atoms with van der Waals surface area (Å²) in [6.45, 7) is 8.67. The third-order valence-corrected chi connectivity index (χ3v) is 4.19. The Hall–Kier alpha value is -1.36. The van der Waals surface area contributed by atoms with Gasteiger partial charge in [-0.05, 0) is 30.9 Å². The van der Waals surface area contributed by atoms with E-state index in [2.05, 4.69) is 44.4 Å². The first-order valence-electron chi connectivity index (χ1n) is 7.37. The Morgan fingerprint density at radius 1 is 0.947 bits per heavy atom. The Bertz CT molecular complexity index is 391. The lowest BCUT2D eigenvalue weighted by atomic mass is 9.99. The largest absolute Gasteiger partial charge is 0.355 e. The molecule has 0 bridgehead atoms. The van der Waals surface area contributed by atoms with E-state index in [1.165, 1.54) is 12.8 Å². The average Bonchev–Trinajstić information content (AvgIpc) is 2.49.